The first-order valence-corrected chi connectivity index (χ1v) is 5.78. The van der Waals surface area contributed by atoms with Gasteiger partial charge < -0.3 is 4.74 Å². The summed E-state index contributed by atoms with van der Waals surface area (Å²) < 4.78 is 6.61. The molecule has 0 atom stereocenters. The van der Waals surface area contributed by atoms with Crippen molar-refractivity contribution in [3.63, 3.8) is 0 Å². The minimum Gasteiger partial charge on any atom is -0.489 e. The van der Waals surface area contributed by atoms with E-state index in [9.17, 15) is 0 Å². The normalized spacial score (nSPS) is 16.0. The third-order valence-electron chi connectivity index (χ3n) is 2.29. The van der Waals surface area contributed by atoms with Gasteiger partial charge in [0.2, 0.25) is 0 Å². The van der Waals surface area contributed by atoms with Gasteiger partial charge in [-0.3, -0.25) is 0 Å². The summed E-state index contributed by atoms with van der Waals surface area (Å²) in [5.74, 6) is 1.37. The van der Waals surface area contributed by atoms with Gasteiger partial charge in [0.25, 0.3) is 0 Å². The Morgan fingerprint density at radius 3 is 2.79 bits per heavy atom. The van der Waals surface area contributed by atoms with Crippen LogP contribution in [0, 0.1) is 0 Å². The number of aromatic nitrogens is 1. The molecular weight excluding hydrogens is 242 g/mol. The Balaban J connectivity index is 2.20. The highest BCUT2D eigenvalue weighted by atomic mass is 79.9. The second-order valence-corrected chi connectivity index (χ2v) is 4.77. The van der Waals surface area contributed by atoms with E-state index in [1.807, 2.05) is 0 Å². The molecule has 1 heterocycles. The number of halogens is 1. The predicted octanol–water partition coefficient (Wildman–Crippen LogP) is 3.51. The molecule has 0 spiro atoms. The van der Waals surface area contributed by atoms with Gasteiger partial charge in [0, 0.05) is 0 Å². The molecule has 0 aliphatic heterocycles. The Bertz CT molecular complexity index is 334. The van der Waals surface area contributed by atoms with Gasteiger partial charge in [0.05, 0.1) is 12.3 Å². The van der Waals surface area contributed by atoms with Crippen molar-refractivity contribution in [3.05, 3.63) is 22.4 Å². The monoisotopic (exact) mass is 255 g/mol. The van der Waals surface area contributed by atoms with Crippen molar-refractivity contribution in [2.75, 3.05) is 0 Å². The van der Waals surface area contributed by atoms with E-state index in [4.69, 9.17) is 4.74 Å². The van der Waals surface area contributed by atoms with Gasteiger partial charge in [-0.25, -0.2) is 4.98 Å². The van der Waals surface area contributed by atoms with Crippen LogP contribution in [0.3, 0.4) is 0 Å². The molecule has 0 amide bonds. The zero-order valence-electron chi connectivity index (χ0n) is 8.46. The summed E-state index contributed by atoms with van der Waals surface area (Å²) in [6.07, 6.45) is 4.60. The molecule has 1 fully saturated rings. The largest absolute Gasteiger partial charge is 0.489 e. The second-order valence-electron chi connectivity index (χ2n) is 4.02. The molecule has 0 saturated heterocycles. The maximum Gasteiger partial charge on any atom is 0.138 e. The Kier molecular flexibility index (Phi) is 2.77. The molecule has 14 heavy (non-hydrogen) atoms. The van der Waals surface area contributed by atoms with Crippen LogP contribution >= 0.6 is 15.9 Å². The lowest BCUT2D eigenvalue weighted by atomic mass is 10.1. The summed E-state index contributed by atoms with van der Waals surface area (Å²) in [7, 11) is 0. The molecular formula is C11H14BrNO. The number of hydrogen-bond donors (Lipinski definition) is 0. The average molecular weight is 256 g/mol. The van der Waals surface area contributed by atoms with E-state index in [1.165, 1.54) is 18.4 Å². The fourth-order valence-electron chi connectivity index (χ4n) is 1.29. The number of rotatable bonds is 3. The van der Waals surface area contributed by atoms with Crippen LogP contribution in [0.25, 0.3) is 0 Å². The molecule has 0 unspecified atom stereocenters. The number of pyridine rings is 1. The maximum atomic E-state index is 5.69. The van der Waals surface area contributed by atoms with Gasteiger partial charge >= 0.3 is 0 Å². The van der Waals surface area contributed by atoms with E-state index in [0.29, 0.717) is 12.0 Å². The second kappa shape index (κ2) is 3.89. The molecule has 1 aromatic rings. The van der Waals surface area contributed by atoms with E-state index < -0.39 is 0 Å². The van der Waals surface area contributed by atoms with Crippen molar-refractivity contribution < 1.29 is 4.74 Å². The van der Waals surface area contributed by atoms with Crippen molar-refractivity contribution in [2.45, 2.75) is 38.7 Å². The van der Waals surface area contributed by atoms with Crippen LogP contribution in [0.5, 0.6) is 5.75 Å². The summed E-state index contributed by atoms with van der Waals surface area (Å²) in [6, 6.07) is 2.08. The fraction of sp³-hybridized carbons (Fsp3) is 0.545. The van der Waals surface area contributed by atoms with Crippen molar-refractivity contribution in [3.8, 4) is 5.75 Å². The van der Waals surface area contributed by atoms with E-state index in [1.54, 1.807) is 6.20 Å². The predicted molar refractivity (Wildman–Crippen MR) is 59.7 cm³/mol. The zero-order chi connectivity index (χ0) is 10.1. The van der Waals surface area contributed by atoms with E-state index in [-0.39, 0.29) is 0 Å². The number of nitrogens with zero attached hydrogens (tertiary/aromatic N) is 1. The quantitative estimate of drug-likeness (QED) is 0.772. The van der Waals surface area contributed by atoms with Crippen LogP contribution in [0.4, 0.5) is 0 Å². The van der Waals surface area contributed by atoms with Gasteiger partial charge in [-0.2, -0.15) is 0 Å². The van der Waals surface area contributed by atoms with Crippen LogP contribution in [-0.2, 0) is 0 Å². The Hall–Kier alpha value is -0.570. The van der Waals surface area contributed by atoms with E-state index in [0.717, 1.165) is 10.4 Å². The van der Waals surface area contributed by atoms with Gasteiger partial charge in [0.1, 0.15) is 10.4 Å². The van der Waals surface area contributed by atoms with Crippen LogP contribution in [0.1, 0.15) is 38.2 Å². The third-order valence-corrected chi connectivity index (χ3v) is 2.95. The SMILES string of the molecule is CC(C)c1cc(OC2CC2)cnc1Br. The van der Waals surface area contributed by atoms with Gasteiger partial charge in [-0.1, -0.05) is 13.8 Å². The van der Waals surface area contributed by atoms with Gasteiger partial charge in [-0.15, -0.1) is 0 Å². The summed E-state index contributed by atoms with van der Waals surface area (Å²) in [4.78, 5) is 4.27. The Labute approximate surface area is 92.8 Å². The molecule has 0 radical (unpaired) electrons. The highest BCUT2D eigenvalue weighted by molar-refractivity contribution is 9.10. The lowest BCUT2D eigenvalue weighted by Gasteiger charge is -2.10. The first-order chi connectivity index (χ1) is 6.66. The first-order valence-electron chi connectivity index (χ1n) is 4.99. The van der Waals surface area contributed by atoms with Crippen molar-refractivity contribution in [2.24, 2.45) is 0 Å². The summed E-state index contributed by atoms with van der Waals surface area (Å²) in [6.45, 7) is 4.31. The lowest BCUT2D eigenvalue weighted by Crippen LogP contribution is -1.99. The molecule has 1 aliphatic carbocycles. The fourth-order valence-corrected chi connectivity index (χ4v) is 1.97. The summed E-state index contributed by atoms with van der Waals surface area (Å²) in [5, 5.41) is 0. The first kappa shape index (κ1) is 9.97. The zero-order valence-corrected chi connectivity index (χ0v) is 10.0. The molecule has 1 aromatic heterocycles. The van der Waals surface area contributed by atoms with Crippen molar-refractivity contribution in [1.29, 1.82) is 0 Å². The maximum absolute atomic E-state index is 5.69. The molecule has 1 aliphatic rings. The standard InChI is InChI=1S/C11H14BrNO/c1-7(2)10-5-9(6-13-11(10)12)14-8-3-4-8/h5-8H,3-4H2,1-2H3. The van der Waals surface area contributed by atoms with Gasteiger partial charge in [-0.05, 0) is 46.3 Å². The molecule has 3 heteroatoms. The lowest BCUT2D eigenvalue weighted by molar-refractivity contribution is 0.301. The minimum absolute atomic E-state index is 0.443. The van der Waals surface area contributed by atoms with E-state index in [2.05, 4.69) is 40.8 Å². The van der Waals surface area contributed by atoms with Crippen LogP contribution in [0.2, 0.25) is 0 Å². The van der Waals surface area contributed by atoms with E-state index >= 15 is 0 Å². The highest BCUT2D eigenvalue weighted by Crippen LogP contribution is 2.30. The summed E-state index contributed by atoms with van der Waals surface area (Å²) in [5.41, 5.74) is 1.21. The molecule has 2 rings (SSSR count). The molecule has 0 bridgehead atoms. The average Bonchev–Trinajstić information content (AvgIpc) is 2.92. The number of ether oxygens (including phenoxy) is 1. The minimum atomic E-state index is 0.443. The smallest absolute Gasteiger partial charge is 0.138 e. The Morgan fingerprint density at radius 1 is 1.50 bits per heavy atom. The Morgan fingerprint density at radius 2 is 2.21 bits per heavy atom. The summed E-state index contributed by atoms with van der Waals surface area (Å²) >= 11 is 3.45. The molecule has 1 saturated carbocycles. The van der Waals surface area contributed by atoms with Gasteiger partial charge in [0.15, 0.2) is 0 Å². The van der Waals surface area contributed by atoms with Crippen LogP contribution < -0.4 is 4.74 Å². The third kappa shape index (κ3) is 2.27. The molecule has 2 nitrogen and oxygen atoms in total. The highest BCUT2D eigenvalue weighted by Gasteiger charge is 2.23. The van der Waals surface area contributed by atoms with Crippen molar-refractivity contribution in [1.82, 2.24) is 4.98 Å². The van der Waals surface area contributed by atoms with Crippen LogP contribution in [0.15, 0.2) is 16.9 Å². The van der Waals surface area contributed by atoms with Crippen LogP contribution in [-0.4, -0.2) is 11.1 Å². The molecule has 0 N–H and O–H groups in total. The van der Waals surface area contributed by atoms with Crippen molar-refractivity contribution >= 4 is 15.9 Å². The number of hydrogen-bond acceptors (Lipinski definition) is 2. The topological polar surface area (TPSA) is 22.1 Å². The molecule has 0 aromatic carbocycles. The molecule has 76 valence electrons.